The minimum atomic E-state index is -0.739. The van der Waals surface area contributed by atoms with Gasteiger partial charge in [-0.1, -0.05) is 36.4 Å². The molecule has 4 heteroatoms. The van der Waals surface area contributed by atoms with Crippen LogP contribution in [0.15, 0.2) is 42.5 Å². The van der Waals surface area contributed by atoms with E-state index in [2.05, 4.69) is 0 Å². The predicted molar refractivity (Wildman–Crippen MR) is 77.7 cm³/mol. The molecule has 4 nitrogen and oxygen atoms in total. The zero-order valence-electron chi connectivity index (χ0n) is 11.5. The lowest BCUT2D eigenvalue weighted by Crippen LogP contribution is -2.07. The smallest absolute Gasteiger partial charge is 0.272 e. The number of aryl methyl sites for hydroxylation is 2. The second-order valence-electron chi connectivity index (χ2n) is 4.91. The number of aliphatic hydroxyl groups is 1. The lowest BCUT2D eigenvalue weighted by molar-refractivity contribution is -0.385. The predicted octanol–water partition coefficient (Wildman–Crippen LogP) is 3.49. The summed E-state index contributed by atoms with van der Waals surface area (Å²) in [5, 5.41) is 21.4. The molecule has 0 aliphatic heterocycles. The van der Waals surface area contributed by atoms with E-state index in [9.17, 15) is 15.2 Å². The molecule has 0 bridgehead atoms. The molecule has 2 aromatic rings. The minimum absolute atomic E-state index is 0.0535. The van der Waals surface area contributed by atoms with Crippen molar-refractivity contribution in [1.29, 1.82) is 0 Å². The first-order chi connectivity index (χ1) is 9.50. The average molecular weight is 271 g/mol. The average Bonchev–Trinajstić information content (AvgIpc) is 2.38. The Kier molecular flexibility index (Phi) is 4.15. The monoisotopic (exact) mass is 271 g/mol. The van der Waals surface area contributed by atoms with Crippen LogP contribution in [0, 0.1) is 24.0 Å². The van der Waals surface area contributed by atoms with Gasteiger partial charge in [0.1, 0.15) is 0 Å². The first-order valence-electron chi connectivity index (χ1n) is 6.47. The van der Waals surface area contributed by atoms with Crippen molar-refractivity contribution in [3.05, 3.63) is 74.8 Å². The van der Waals surface area contributed by atoms with Gasteiger partial charge < -0.3 is 5.11 Å². The third-order valence-corrected chi connectivity index (χ3v) is 3.48. The molecular weight excluding hydrogens is 254 g/mol. The van der Waals surface area contributed by atoms with Crippen LogP contribution in [0.4, 0.5) is 5.69 Å². The summed E-state index contributed by atoms with van der Waals surface area (Å²) in [7, 11) is 0. The largest absolute Gasteiger partial charge is 0.388 e. The molecule has 0 heterocycles. The number of nitro groups is 1. The molecule has 0 aliphatic rings. The van der Waals surface area contributed by atoms with Crippen LogP contribution in [0.1, 0.15) is 28.4 Å². The summed E-state index contributed by atoms with van der Waals surface area (Å²) in [5.74, 6) is 0. The fraction of sp³-hybridized carbons (Fsp3) is 0.250. The summed E-state index contributed by atoms with van der Waals surface area (Å²) in [6, 6.07) is 12.3. The van der Waals surface area contributed by atoms with E-state index in [1.165, 1.54) is 6.07 Å². The fourth-order valence-electron chi connectivity index (χ4n) is 2.52. The molecule has 1 unspecified atom stereocenters. The van der Waals surface area contributed by atoms with Crippen LogP contribution < -0.4 is 0 Å². The molecular formula is C16H17NO3. The van der Waals surface area contributed by atoms with Crippen LogP contribution in [0.25, 0.3) is 0 Å². The quantitative estimate of drug-likeness (QED) is 0.684. The first-order valence-corrected chi connectivity index (χ1v) is 6.47. The number of hydrogen-bond acceptors (Lipinski definition) is 3. The van der Waals surface area contributed by atoms with Gasteiger partial charge in [-0.25, -0.2) is 0 Å². The third-order valence-electron chi connectivity index (χ3n) is 3.48. The molecule has 2 aromatic carbocycles. The number of hydrogen-bond donors (Lipinski definition) is 1. The number of nitro benzene ring substituents is 1. The van der Waals surface area contributed by atoms with Crippen molar-refractivity contribution < 1.29 is 10.0 Å². The Bertz CT molecular complexity index is 617. The van der Waals surface area contributed by atoms with Gasteiger partial charge in [0, 0.05) is 18.1 Å². The zero-order valence-corrected chi connectivity index (χ0v) is 11.5. The van der Waals surface area contributed by atoms with Crippen molar-refractivity contribution in [2.24, 2.45) is 0 Å². The molecule has 0 aliphatic carbocycles. The van der Waals surface area contributed by atoms with Crippen LogP contribution in [0.3, 0.4) is 0 Å². The van der Waals surface area contributed by atoms with E-state index in [1.54, 1.807) is 18.2 Å². The number of benzene rings is 2. The molecule has 0 radical (unpaired) electrons. The molecule has 104 valence electrons. The molecule has 0 fully saturated rings. The summed E-state index contributed by atoms with van der Waals surface area (Å²) in [6.45, 7) is 3.87. The molecule has 0 amide bonds. The SMILES string of the molecule is Cc1cccc(C)c1C(O)Cc1ccccc1[N+](=O)[O-]. The van der Waals surface area contributed by atoms with E-state index < -0.39 is 11.0 Å². The van der Waals surface area contributed by atoms with Gasteiger partial charge in [0.05, 0.1) is 11.0 Å². The molecule has 0 saturated heterocycles. The van der Waals surface area contributed by atoms with Gasteiger partial charge in [0.2, 0.25) is 0 Å². The van der Waals surface area contributed by atoms with Crippen molar-refractivity contribution in [2.45, 2.75) is 26.4 Å². The number of rotatable bonds is 4. The number of nitrogens with zero attached hydrogens (tertiary/aromatic N) is 1. The van der Waals surface area contributed by atoms with Crippen LogP contribution in [-0.4, -0.2) is 10.0 Å². The Labute approximate surface area is 117 Å². The van der Waals surface area contributed by atoms with E-state index in [0.29, 0.717) is 5.56 Å². The summed E-state index contributed by atoms with van der Waals surface area (Å²) in [4.78, 5) is 10.6. The molecule has 0 aromatic heterocycles. The normalized spacial score (nSPS) is 12.2. The second kappa shape index (κ2) is 5.84. The summed E-state index contributed by atoms with van der Waals surface area (Å²) in [5.41, 5.74) is 3.45. The van der Waals surface area contributed by atoms with Gasteiger partial charge in [-0.15, -0.1) is 0 Å². The standard InChI is InChI=1S/C16H17NO3/c1-11-6-5-7-12(2)16(11)15(18)10-13-8-3-4-9-14(13)17(19)20/h3-9,15,18H,10H2,1-2H3. The fourth-order valence-corrected chi connectivity index (χ4v) is 2.52. The minimum Gasteiger partial charge on any atom is -0.388 e. The van der Waals surface area contributed by atoms with Gasteiger partial charge in [-0.3, -0.25) is 10.1 Å². The van der Waals surface area contributed by atoms with Crippen LogP contribution >= 0.6 is 0 Å². The van der Waals surface area contributed by atoms with Gasteiger partial charge in [-0.2, -0.15) is 0 Å². The number of aliphatic hydroxyl groups excluding tert-OH is 1. The molecule has 2 rings (SSSR count). The second-order valence-corrected chi connectivity index (χ2v) is 4.91. The molecule has 1 atom stereocenters. The van der Waals surface area contributed by atoms with Crippen molar-refractivity contribution >= 4 is 5.69 Å². The Morgan fingerprint density at radius 2 is 1.70 bits per heavy atom. The van der Waals surface area contributed by atoms with Crippen molar-refractivity contribution in [1.82, 2.24) is 0 Å². The van der Waals surface area contributed by atoms with E-state index in [-0.39, 0.29) is 12.1 Å². The molecule has 20 heavy (non-hydrogen) atoms. The lowest BCUT2D eigenvalue weighted by atomic mass is 9.93. The lowest BCUT2D eigenvalue weighted by Gasteiger charge is -2.16. The Morgan fingerprint density at radius 1 is 1.10 bits per heavy atom. The number of para-hydroxylation sites is 1. The maximum absolute atomic E-state index is 11.0. The highest BCUT2D eigenvalue weighted by Crippen LogP contribution is 2.28. The van der Waals surface area contributed by atoms with Crippen molar-refractivity contribution in [2.75, 3.05) is 0 Å². The van der Waals surface area contributed by atoms with E-state index in [1.807, 2.05) is 32.0 Å². The van der Waals surface area contributed by atoms with Crippen LogP contribution in [-0.2, 0) is 6.42 Å². The Morgan fingerprint density at radius 3 is 2.30 bits per heavy atom. The van der Waals surface area contributed by atoms with E-state index >= 15 is 0 Å². The summed E-state index contributed by atoms with van der Waals surface area (Å²) < 4.78 is 0. The van der Waals surface area contributed by atoms with Gasteiger partial charge >= 0.3 is 0 Å². The van der Waals surface area contributed by atoms with Crippen molar-refractivity contribution in [3.8, 4) is 0 Å². The summed E-state index contributed by atoms with van der Waals surface area (Å²) >= 11 is 0. The maximum Gasteiger partial charge on any atom is 0.272 e. The zero-order chi connectivity index (χ0) is 14.7. The van der Waals surface area contributed by atoms with Gasteiger partial charge in [-0.05, 0) is 30.5 Å². The van der Waals surface area contributed by atoms with E-state index in [4.69, 9.17) is 0 Å². The Hall–Kier alpha value is -2.20. The molecule has 1 N–H and O–H groups in total. The van der Waals surface area contributed by atoms with E-state index in [0.717, 1.165) is 16.7 Å². The highest BCUT2D eigenvalue weighted by atomic mass is 16.6. The first kappa shape index (κ1) is 14.2. The highest BCUT2D eigenvalue weighted by molar-refractivity contribution is 5.42. The topological polar surface area (TPSA) is 63.4 Å². The summed E-state index contributed by atoms with van der Waals surface area (Å²) in [6.07, 6.45) is -0.500. The molecule has 0 spiro atoms. The Balaban J connectivity index is 2.33. The van der Waals surface area contributed by atoms with Gasteiger partial charge in [0.15, 0.2) is 0 Å². The highest BCUT2D eigenvalue weighted by Gasteiger charge is 2.19. The third kappa shape index (κ3) is 2.86. The van der Waals surface area contributed by atoms with Gasteiger partial charge in [0.25, 0.3) is 5.69 Å². The van der Waals surface area contributed by atoms with Crippen LogP contribution in [0.5, 0.6) is 0 Å². The van der Waals surface area contributed by atoms with Crippen LogP contribution in [0.2, 0.25) is 0 Å². The molecule has 0 saturated carbocycles. The van der Waals surface area contributed by atoms with Crippen molar-refractivity contribution in [3.63, 3.8) is 0 Å². The maximum atomic E-state index is 11.0.